The molecule has 3 unspecified atom stereocenters. The van der Waals surface area contributed by atoms with Crippen molar-refractivity contribution in [2.24, 2.45) is 5.92 Å². The van der Waals surface area contributed by atoms with Crippen LogP contribution in [0.5, 0.6) is 0 Å². The van der Waals surface area contributed by atoms with Gasteiger partial charge in [-0.25, -0.2) is 0 Å². The molecule has 4 N–H and O–H groups in total. The molecule has 2 aliphatic rings. The number of allylic oxidation sites excluding steroid dienone is 1. The third-order valence-electron chi connectivity index (χ3n) is 3.60. The maximum Gasteiger partial charge on any atom is 0.164 e. The van der Waals surface area contributed by atoms with Crippen LogP contribution in [0.1, 0.15) is 32.1 Å². The van der Waals surface area contributed by atoms with Crippen LogP contribution in [0.2, 0.25) is 0 Å². The molecule has 0 aromatic heterocycles. The predicted molar refractivity (Wildman–Crippen MR) is 64.0 cm³/mol. The summed E-state index contributed by atoms with van der Waals surface area (Å²) in [6.45, 7) is 0. The Kier molecular flexibility index (Phi) is 3.73. The molecule has 2 rings (SSSR count). The molecule has 5 heteroatoms. The zero-order chi connectivity index (χ0) is 13.3. The highest BCUT2D eigenvalue weighted by Gasteiger charge is 2.31. The summed E-state index contributed by atoms with van der Waals surface area (Å²) in [6, 6.07) is 0. The van der Waals surface area contributed by atoms with E-state index in [1.807, 2.05) is 0 Å². The van der Waals surface area contributed by atoms with E-state index in [1.165, 1.54) is 6.08 Å². The average molecular weight is 254 g/mol. The number of hydrogen-bond acceptors (Lipinski definition) is 5. The predicted octanol–water partition coefficient (Wildman–Crippen LogP) is 1.13. The molecular weight excluding hydrogens is 236 g/mol. The molecule has 100 valence electrons. The van der Waals surface area contributed by atoms with Crippen LogP contribution in [0.15, 0.2) is 23.2 Å². The second-order valence-corrected chi connectivity index (χ2v) is 4.97. The van der Waals surface area contributed by atoms with Gasteiger partial charge in [-0.15, -0.1) is 0 Å². The lowest BCUT2D eigenvalue weighted by Crippen LogP contribution is -2.26. The highest BCUT2D eigenvalue weighted by Crippen LogP contribution is 2.33. The van der Waals surface area contributed by atoms with Gasteiger partial charge in [0.15, 0.2) is 5.78 Å². The summed E-state index contributed by atoms with van der Waals surface area (Å²) < 4.78 is 0. The minimum atomic E-state index is -0.692. The number of Topliss-reactive ketones (excluding diaryl/α,β-unsaturated/α-hetero) is 1. The average Bonchev–Trinajstić information content (AvgIpc) is 2.28. The molecule has 3 atom stereocenters. The van der Waals surface area contributed by atoms with Crippen LogP contribution in [-0.4, -0.2) is 38.4 Å². The Hall–Kier alpha value is -1.33. The zero-order valence-electron chi connectivity index (χ0n) is 10.0. The summed E-state index contributed by atoms with van der Waals surface area (Å²) in [5.41, 5.74) is 0.307. The Labute approximate surface area is 105 Å². The molecule has 18 heavy (non-hydrogen) atoms. The van der Waals surface area contributed by atoms with E-state index >= 15 is 0 Å². The fourth-order valence-electron chi connectivity index (χ4n) is 2.53. The van der Waals surface area contributed by atoms with Crippen LogP contribution in [0.4, 0.5) is 0 Å². The molecule has 0 saturated heterocycles. The lowest BCUT2D eigenvalue weighted by Gasteiger charge is -2.26. The Morgan fingerprint density at radius 1 is 1.22 bits per heavy atom. The molecule has 0 bridgehead atoms. The van der Waals surface area contributed by atoms with Crippen molar-refractivity contribution in [2.45, 2.75) is 44.3 Å². The first kappa shape index (κ1) is 13.1. The molecule has 0 radical (unpaired) electrons. The lowest BCUT2D eigenvalue weighted by atomic mass is 9.83. The first-order valence-electron chi connectivity index (χ1n) is 6.21. The van der Waals surface area contributed by atoms with Gasteiger partial charge in [0.2, 0.25) is 0 Å². The molecule has 1 fully saturated rings. The van der Waals surface area contributed by atoms with Gasteiger partial charge in [0.05, 0.1) is 18.1 Å². The van der Waals surface area contributed by atoms with Gasteiger partial charge < -0.3 is 20.4 Å². The summed E-state index contributed by atoms with van der Waals surface area (Å²) in [7, 11) is 0. The van der Waals surface area contributed by atoms with Gasteiger partial charge >= 0.3 is 0 Å². The Balaban J connectivity index is 2.22. The number of ketones is 1. The van der Waals surface area contributed by atoms with Crippen molar-refractivity contribution in [3.8, 4) is 0 Å². The molecule has 0 aromatic rings. The maximum absolute atomic E-state index is 11.7. The standard InChI is InChI=1S/C13H18O5/c14-7-1-3-9(11(16)5-7)13(18)10-4-2-8(15)6-12(10)17/h5,7-9,14-16,18H,1-4,6H2. The van der Waals surface area contributed by atoms with Crippen LogP contribution in [0.25, 0.3) is 0 Å². The third kappa shape index (κ3) is 2.57. The normalized spacial score (nSPS) is 36.2. The Morgan fingerprint density at radius 3 is 2.56 bits per heavy atom. The monoisotopic (exact) mass is 254 g/mol. The van der Waals surface area contributed by atoms with E-state index < -0.39 is 18.1 Å². The van der Waals surface area contributed by atoms with Crippen LogP contribution in [0.3, 0.4) is 0 Å². The minimum absolute atomic E-state index is 0.0270. The fraction of sp³-hybridized carbons (Fsp3) is 0.615. The van der Waals surface area contributed by atoms with Gasteiger partial charge in [-0.05, 0) is 31.8 Å². The van der Waals surface area contributed by atoms with Gasteiger partial charge in [0.1, 0.15) is 11.5 Å². The second-order valence-electron chi connectivity index (χ2n) is 4.97. The molecule has 0 amide bonds. The number of hydrogen-bond donors (Lipinski definition) is 4. The first-order valence-corrected chi connectivity index (χ1v) is 6.21. The Morgan fingerprint density at radius 2 is 1.94 bits per heavy atom. The van der Waals surface area contributed by atoms with Crippen molar-refractivity contribution in [1.29, 1.82) is 0 Å². The van der Waals surface area contributed by atoms with Crippen molar-refractivity contribution in [2.75, 3.05) is 0 Å². The SMILES string of the molecule is O=C1CC(O)CCC1=C(O)C1CCC(O)C=C1O. The van der Waals surface area contributed by atoms with Crippen molar-refractivity contribution >= 4 is 5.78 Å². The summed E-state index contributed by atoms with van der Waals surface area (Å²) >= 11 is 0. The van der Waals surface area contributed by atoms with Gasteiger partial charge in [0.25, 0.3) is 0 Å². The Bertz CT molecular complexity index is 410. The summed E-state index contributed by atoms with van der Waals surface area (Å²) in [6.07, 6.45) is 1.64. The van der Waals surface area contributed by atoms with Crippen molar-refractivity contribution in [3.63, 3.8) is 0 Å². The second kappa shape index (κ2) is 5.12. The van der Waals surface area contributed by atoms with Crippen LogP contribution in [0, 0.1) is 5.92 Å². The minimum Gasteiger partial charge on any atom is -0.512 e. The van der Waals surface area contributed by atoms with E-state index in [0.717, 1.165) is 0 Å². The van der Waals surface area contributed by atoms with Gasteiger partial charge in [-0.1, -0.05) is 0 Å². The number of aliphatic hydroxyl groups is 4. The van der Waals surface area contributed by atoms with Crippen molar-refractivity contribution in [1.82, 2.24) is 0 Å². The highest BCUT2D eigenvalue weighted by molar-refractivity contribution is 5.96. The van der Waals surface area contributed by atoms with E-state index in [-0.39, 0.29) is 23.7 Å². The maximum atomic E-state index is 11.7. The number of aliphatic hydroxyl groups excluding tert-OH is 4. The molecule has 0 heterocycles. The molecule has 1 saturated carbocycles. The molecule has 0 aliphatic heterocycles. The van der Waals surface area contributed by atoms with Gasteiger partial charge in [0, 0.05) is 12.0 Å². The smallest absolute Gasteiger partial charge is 0.164 e. The third-order valence-corrected chi connectivity index (χ3v) is 3.60. The molecule has 2 aliphatic carbocycles. The fourth-order valence-corrected chi connectivity index (χ4v) is 2.53. The first-order chi connectivity index (χ1) is 8.49. The summed E-state index contributed by atoms with van der Waals surface area (Å²) in [4.78, 5) is 11.7. The van der Waals surface area contributed by atoms with Crippen LogP contribution >= 0.6 is 0 Å². The number of carbonyl (C=O) groups is 1. The van der Waals surface area contributed by atoms with Crippen molar-refractivity contribution in [3.05, 3.63) is 23.2 Å². The highest BCUT2D eigenvalue weighted by atomic mass is 16.3. The van der Waals surface area contributed by atoms with E-state index in [9.17, 15) is 25.2 Å². The number of rotatable bonds is 1. The largest absolute Gasteiger partial charge is 0.512 e. The summed E-state index contributed by atoms with van der Waals surface area (Å²) in [5.74, 6) is -1.04. The number of carbonyl (C=O) groups excluding carboxylic acids is 1. The molecule has 0 aromatic carbocycles. The van der Waals surface area contributed by atoms with Crippen LogP contribution < -0.4 is 0 Å². The zero-order valence-corrected chi connectivity index (χ0v) is 10.0. The van der Waals surface area contributed by atoms with E-state index in [1.54, 1.807) is 0 Å². The molecular formula is C13H18O5. The quantitative estimate of drug-likeness (QED) is 0.415. The van der Waals surface area contributed by atoms with E-state index in [0.29, 0.717) is 31.3 Å². The molecule has 5 nitrogen and oxygen atoms in total. The van der Waals surface area contributed by atoms with E-state index in [2.05, 4.69) is 0 Å². The van der Waals surface area contributed by atoms with Gasteiger partial charge in [-0.2, -0.15) is 0 Å². The van der Waals surface area contributed by atoms with E-state index in [4.69, 9.17) is 0 Å². The van der Waals surface area contributed by atoms with Gasteiger partial charge in [-0.3, -0.25) is 4.79 Å². The topological polar surface area (TPSA) is 98.0 Å². The van der Waals surface area contributed by atoms with Crippen molar-refractivity contribution < 1.29 is 25.2 Å². The lowest BCUT2D eigenvalue weighted by molar-refractivity contribution is -0.119. The van der Waals surface area contributed by atoms with Crippen LogP contribution in [-0.2, 0) is 4.79 Å². The molecule has 0 spiro atoms. The summed E-state index contributed by atoms with van der Waals surface area (Å²) in [5, 5.41) is 38.5.